The molecule has 0 saturated carbocycles. The zero-order valence-corrected chi connectivity index (χ0v) is 15.8. The third kappa shape index (κ3) is 4.49. The average molecular weight is 345 g/mol. The van der Waals surface area contributed by atoms with Crippen molar-refractivity contribution in [3.63, 3.8) is 0 Å². The summed E-state index contributed by atoms with van der Waals surface area (Å²) in [6.07, 6.45) is -3.68. The van der Waals surface area contributed by atoms with Crippen LogP contribution in [0.5, 0.6) is 0 Å². The van der Waals surface area contributed by atoms with E-state index in [0.717, 1.165) is 5.56 Å². The zero-order chi connectivity index (χ0) is 16.4. The molecule has 0 radical (unpaired) electrons. The summed E-state index contributed by atoms with van der Waals surface area (Å²) in [4.78, 5) is 13.6. The molecular weight excluding hydrogens is 325 g/mol. The normalized spacial score (nSPS) is 30.2. The van der Waals surface area contributed by atoms with Crippen molar-refractivity contribution in [1.29, 1.82) is 0 Å². The Hall–Kier alpha value is -0.670. The van der Waals surface area contributed by atoms with Gasteiger partial charge in [-0.05, 0) is 5.56 Å². The minimum absolute atomic E-state index is 0. The van der Waals surface area contributed by atoms with E-state index in [4.69, 9.17) is 14.2 Å². The summed E-state index contributed by atoms with van der Waals surface area (Å²) in [5.74, 6) is 0. The number of aliphatic hydroxyl groups is 2. The smallest absolute Gasteiger partial charge is 0.517 e. The molecule has 0 bridgehead atoms. The summed E-state index contributed by atoms with van der Waals surface area (Å²) >= 11 is 0. The molecule has 7 nitrogen and oxygen atoms in total. The number of amides is 1. The van der Waals surface area contributed by atoms with Crippen molar-refractivity contribution < 1.29 is 58.8 Å². The van der Waals surface area contributed by atoms with Gasteiger partial charge >= 0.3 is 35.7 Å². The van der Waals surface area contributed by atoms with E-state index in [1.54, 1.807) is 6.92 Å². The zero-order valence-electron chi connectivity index (χ0n) is 13.8. The molecule has 1 aromatic carbocycles. The number of carbonyl (C=O) groups excluding carboxylic acids is 1. The monoisotopic (exact) mass is 345 g/mol. The molecule has 1 aromatic rings. The number of nitrogens with zero attached hydrogens (tertiary/aromatic N) is 1. The molecule has 4 atom stereocenters. The van der Waals surface area contributed by atoms with Crippen molar-refractivity contribution in [2.45, 2.75) is 37.9 Å². The number of carbonyl (C=O) groups is 1. The van der Waals surface area contributed by atoms with E-state index in [9.17, 15) is 15.0 Å². The van der Waals surface area contributed by atoms with Gasteiger partial charge in [-0.25, -0.2) is 4.79 Å². The van der Waals surface area contributed by atoms with E-state index in [1.165, 1.54) is 4.90 Å². The molecule has 2 aliphatic heterocycles. The van der Waals surface area contributed by atoms with Crippen LogP contribution in [0.25, 0.3) is 0 Å². The van der Waals surface area contributed by atoms with Gasteiger partial charge in [0.1, 0.15) is 18.8 Å². The summed E-state index contributed by atoms with van der Waals surface area (Å²) in [6.45, 7) is 1.93. The Labute approximate surface area is 162 Å². The molecule has 2 fully saturated rings. The first-order valence-electron chi connectivity index (χ1n) is 7.53. The van der Waals surface area contributed by atoms with Crippen molar-refractivity contribution in [3.8, 4) is 0 Å². The van der Waals surface area contributed by atoms with Gasteiger partial charge in [0, 0.05) is 0 Å². The molecule has 1 amide bonds. The van der Waals surface area contributed by atoms with E-state index in [-0.39, 0.29) is 49.3 Å². The quantitative estimate of drug-likeness (QED) is 0.461. The van der Waals surface area contributed by atoms with Crippen molar-refractivity contribution in [2.24, 2.45) is 0 Å². The van der Waals surface area contributed by atoms with Gasteiger partial charge in [-0.3, -0.25) is 0 Å². The van der Waals surface area contributed by atoms with Crippen molar-refractivity contribution in [2.75, 3.05) is 13.1 Å². The first-order valence-corrected chi connectivity index (χ1v) is 7.53. The van der Waals surface area contributed by atoms with Gasteiger partial charge < -0.3 is 29.3 Å². The van der Waals surface area contributed by atoms with Crippen molar-refractivity contribution in [1.82, 2.24) is 4.90 Å². The fourth-order valence-corrected chi connectivity index (χ4v) is 2.81. The van der Waals surface area contributed by atoms with Gasteiger partial charge in [0.15, 0.2) is 0 Å². The van der Waals surface area contributed by atoms with Gasteiger partial charge in [0.2, 0.25) is 0 Å². The number of aliphatic hydroxyl groups excluding tert-OH is 2. The summed E-state index contributed by atoms with van der Waals surface area (Å²) < 4.78 is 16.1. The Morgan fingerprint density at radius 3 is 2.71 bits per heavy atom. The first-order chi connectivity index (χ1) is 11.0. The van der Waals surface area contributed by atoms with Crippen LogP contribution >= 0.6 is 0 Å². The fourth-order valence-electron chi connectivity index (χ4n) is 2.81. The predicted molar refractivity (Wildman–Crippen MR) is 78.9 cm³/mol. The first kappa shape index (κ1) is 19.7. The molecule has 0 unspecified atom stereocenters. The molecule has 2 heterocycles. The number of benzene rings is 1. The second kappa shape index (κ2) is 8.62. The van der Waals surface area contributed by atoms with Crippen LogP contribution in [-0.4, -0.2) is 58.7 Å². The summed E-state index contributed by atoms with van der Waals surface area (Å²) in [7, 11) is 0. The van der Waals surface area contributed by atoms with Gasteiger partial charge in [-0.1, -0.05) is 36.6 Å². The Bertz CT molecular complexity index is 545. The molecule has 0 spiro atoms. The van der Waals surface area contributed by atoms with Crippen LogP contribution < -0.4 is 29.6 Å². The average Bonchev–Trinajstić information content (AvgIpc) is 2.87. The van der Waals surface area contributed by atoms with Crippen LogP contribution in [0.4, 0.5) is 4.79 Å². The molecule has 3 rings (SSSR count). The minimum Gasteiger partial charge on any atom is -0.517 e. The number of hydrogen-bond acceptors (Lipinski definition) is 6. The van der Waals surface area contributed by atoms with Crippen LogP contribution in [0, 0.1) is 6.29 Å². The van der Waals surface area contributed by atoms with Crippen LogP contribution in [0.2, 0.25) is 0 Å². The molecule has 0 aromatic heterocycles. The molecule has 8 heteroatoms. The molecule has 24 heavy (non-hydrogen) atoms. The van der Waals surface area contributed by atoms with Gasteiger partial charge in [-0.15, -0.1) is 6.92 Å². The Morgan fingerprint density at radius 1 is 1.29 bits per heavy atom. The van der Waals surface area contributed by atoms with Gasteiger partial charge in [-0.2, -0.15) is 0 Å². The topological polar surface area (TPSA) is 88.5 Å². The summed E-state index contributed by atoms with van der Waals surface area (Å²) in [5.41, 5.74) is 0.874. The van der Waals surface area contributed by atoms with E-state index >= 15 is 0 Å². The third-order valence-corrected chi connectivity index (χ3v) is 3.99. The predicted octanol–water partition coefficient (Wildman–Crippen LogP) is -2.34. The van der Waals surface area contributed by atoms with Crippen LogP contribution in [0.3, 0.4) is 0 Å². The summed E-state index contributed by atoms with van der Waals surface area (Å²) in [6, 6.07) is 9.33. The largest absolute Gasteiger partial charge is 1.00 e. The number of ether oxygens (including phenoxy) is 3. The van der Waals surface area contributed by atoms with E-state index < -0.39 is 30.5 Å². The summed E-state index contributed by atoms with van der Waals surface area (Å²) in [5, 5.41) is 20.2. The Balaban J connectivity index is 0.00000208. The maximum absolute atomic E-state index is 12.3. The van der Waals surface area contributed by atoms with E-state index in [0.29, 0.717) is 6.29 Å². The fraction of sp³-hybridized carbons (Fsp3) is 0.500. The molecule has 126 valence electrons. The second-order valence-corrected chi connectivity index (χ2v) is 5.73. The van der Waals surface area contributed by atoms with Crippen LogP contribution in [-0.2, 0) is 20.8 Å². The van der Waals surface area contributed by atoms with Crippen LogP contribution in [0.15, 0.2) is 30.3 Å². The molecule has 0 aliphatic carbocycles. The molecule has 2 aliphatic rings. The Kier molecular flexibility index (Phi) is 7.06. The number of likely N-dealkylation sites (tertiary alicyclic amines) is 1. The number of β-amino-alcohol motifs (C(OH)–C–C–N with tert-alkyl or cyclic N) is 1. The van der Waals surface area contributed by atoms with Gasteiger partial charge in [0.25, 0.3) is 0 Å². The van der Waals surface area contributed by atoms with E-state index in [2.05, 4.69) is 0 Å². The molecule has 2 saturated heterocycles. The maximum atomic E-state index is 12.3. The van der Waals surface area contributed by atoms with E-state index in [1.807, 2.05) is 30.3 Å². The Morgan fingerprint density at radius 2 is 2.00 bits per heavy atom. The molecule has 2 N–H and O–H groups in total. The number of hydrogen-bond donors (Lipinski definition) is 2. The molecular formula is C16H20NNaO6. The number of fused-ring (bicyclic) bond motifs is 1. The van der Waals surface area contributed by atoms with Crippen molar-refractivity contribution in [3.05, 3.63) is 42.2 Å². The second-order valence-electron chi connectivity index (χ2n) is 5.73. The van der Waals surface area contributed by atoms with Gasteiger partial charge in [0.05, 0.1) is 25.3 Å². The SMILES string of the molecule is C[C-]1O[C@@H]2[C@H](O)[C@@H](O)CN(C(=O)OCc3ccccc3)C[C@H]2O1.[Na+]. The minimum atomic E-state index is -1.12. The standard InChI is InChI=1S/C16H20NO6.Na/c1-10-22-13-8-17(7-12(18)14(19)15(13)23-10)16(20)21-9-11-5-3-2-4-6-11;/h2-6,12-15,18-19H,7-9H2,1H3;/q-1;+1/t12-,13+,14+,15-;/m0./s1. The van der Waals surface area contributed by atoms with Crippen LogP contribution in [0.1, 0.15) is 12.5 Å². The number of rotatable bonds is 2. The maximum Gasteiger partial charge on any atom is 1.00 e. The third-order valence-electron chi connectivity index (χ3n) is 3.99. The van der Waals surface area contributed by atoms with Crippen molar-refractivity contribution >= 4 is 6.09 Å².